The molecule has 3 rings (SSSR count). The van der Waals surface area contributed by atoms with E-state index in [1.807, 2.05) is 0 Å². The largest absolute Gasteiger partial charge is 0.486 e. The third-order valence-electron chi connectivity index (χ3n) is 3.91. The van der Waals surface area contributed by atoms with Gasteiger partial charge < -0.3 is 14.8 Å². The molecule has 7 heteroatoms. The van der Waals surface area contributed by atoms with Crippen LogP contribution in [0.25, 0.3) is 0 Å². The van der Waals surface area contributed by atoms with Gasteiger partial charge in [0.15, 0.2) is 0 Å². The summed E-state index contributed by atoms with van der Waals surface area (Å²) in [5.74, 6) is 0.350. The fourth-order valence-electron chi connectivity index (χ4n) is 2.58. The zero-order chi connectivity index (χ0) is 17.6. The highest BCUT2D eigenvalue weighted by atomic mass is 35.5. The summed E-state index contributed by atoms with van der Waals surface area (Å²) in [5.41, 5.74) is 0.935. The second-order valence-electron chi connectivity index (χ2n) is 5.59. The molecule has 0 bridgehead atoms. The van der Waals surface area contributed by atoms with E-state index >= 15 is 0 Å². The lowest BCUT2D eigenvalue weighted by Gasteiger charge is -2.32. The molecule has 25 heavy (non-hydrogen) atoms. The van der Waals surface area contributed by atoms with Crippen molar-refractivity contribution in [3.63, 3.8) is 0 Å². The summed E-state index contributed by atoms with van der Waals surface area (Å²) in [6.45, 7) is 0.914. The van der Waals surface area contributed by atoms with Gasteiger partial charge in [0.05, 0.1) is 34.9 Å². The molecule has 2 heterocycles. The summed E-state index contributed by atoms with van der Waals surface area (Å²) in [7, 11) is 0. The summed E-state index contributed by atoms with van der Waals surface area (Å²) >= 11 is 6.03. The third kappa shape index (κ3) is 4.27. The fraction of sp³-hybridized carbons (Fsp3) is 0.278. The lowest BCUT2D eigenvalue weighted by Crippen LogP contribution is -2.51. The van der Waals surface area contributed by atoms with Gasteiger partial charge in [0.2, 0.25) is 0 Å². The number of hydrogen-bond donors (Lipinski definition) is 1. The third-order valence-corrected chi connectivity index (χ3v) is 4.21. The maximum atomic E-state index is 12.5. The predicted molar refractivity (Wildman–Crippen MR) is 91.5 cm³/mol. The molecule has 128 valence electrons. The Kier molecular flexibility index (Phi) is 5.49. The van der Waals surface area contributed by atoms with Crippen LogP contribution >= 0.6 is 11.6 Å². The fourth-order valence-corrected chi connectivity index (χ4v) is 2.79. The van der Waals surface area contributed by atoms with Gasteiger partial charge in [-0.2, -0.15) is 5.26 Å². The maximum Gasteiger partial charge on any atom is 0.253 e. The molecule has 0 spiro atoms. The van der Waals surface area contributed by atoms with Crippen molar-refractivity contribution in [3.8, 4) is 11.8 Å². The van der Waals surface area contributed by atoms with E-state index in [2.05, 4.69) is 16.4 Å². The zero-order valence-corrected chi connectivity index (χ0v) is 14.1. The van der Waals surface area contributed by atoms with E-state index in [1.54, 1.807) is 30.3 Å². The number of carbonyl (C=O) groups excluding carboxylic acids is 1. The van der Waals surface area contributed by atoms with Crippen LogP contribution in [0.5, 0.6) is 5.75 Å². The number of halogens is 1. The van der Waals surface area contributed by atoms with Crippen molar-refractivity contribution in [2.45, 2.75) is 18.6 Å². The van der Waals surface area contributed by atoms with E-state index < -0.39 is 0 Å². The number of rotatable bonds is 4. The van der Waals surface area contributed by atoms with E-state index in [-0.39, 0.29) is 18.1 Å². The van der Waals surface area contributed by atoms with Gasteiger partial charge in [-0.25, -0.2) is 0 Å². The first-order valence-corrected chi connectivity index (χ1v) is 8.20. The van der Waals surface area contributed by atoms with Crippen molar-refractivity contribution in [1.29, 1.82) is 5.26 Å². The highest BCUT2D eigenvalue weighted by Gasteiger charge is 2.29. The number of hydrogen-bond acceptors (Lipinski definition) is 5. The van der Waals surface area contributed by atoms with Crippen LogP contribution in [-0.2, 0) is 4.74 Å². The molecule has 0 unspecified atom stereocenters. The minimum absolute atomic E-state index is 0.207. The molecule has 1 aromatic heterocycles. The Morgan fingerprint density at radius 2 is 2.16 bits per heavy atom. The van der Waals surface area contributed by atoms with E-state index in [0.29, 0.717) is 41.5 Å². The van der Waals surface area contributed by atoms with E-state index in [9.17, 15) is 4.79 Å². The first-order chi connectivity index (χ1) is 12.2. The molecule has 0 aliphatic carbocycles. The minimum atomic E-state index is -0.328. The van der Waals surface area contributed by atoms with Crippen molar-refractivity contribution in [2.75, 3.05) is 13.2 Å². The predicted octanol–water partition coefficient (Wildman–Crippen LogP) is 2.57. The Balaban J connectivity index is 1.69. The molecule has 1 aromatic carbocycles. The average molecular weight is 358 g/mol. The number of benzene rings is 1. The van der Waals surface area contributed by atoms with Gasteiger partial charge >= 0.3 is 0 Å². The molecular weight excluding hydrogens is 342 g/mol. The number of ether oxygens (including phenoxy) is 2. The normalized spacial score (nSPS) is 19.7. The highest BCUT2D eigenvalue weighted by Crippen LogP contribution is 2.20. The summed E-state index contributed by atoms with van der Waals surface area (Å²) in [6.07, 6.45) is 3.27. The van der Waals surface area contributed by atoms with Gasteiger partial charge in [-0.3, -0.25) is 9.78 Å². The van der Waals surface area contributed by atoms with Gasteiger partial charge in [0.1, 0.15) is 11.9 Å². The van der Waals surface area contributed by atoms with Gasteiger partial charge in [-0.1, -0.05) is 11.6 Å². The van der Waals surface area contributed by atoms with Gasteiger partial charge in [-0.15, -0.1) is 0 Å². The van der Waals surface area contributed by atoms with Crippen LogP contribution in [-0.4, -0.2) is 36.3 Å². The monoisotopic (exact) mass is 357 g/mol. The lowest BCUT2D eigenvalue weighted by atomic mass is 10.1. The molecule has 1 N–H and O–H groups in total. The first kappa shape index (κ1) is 17.2. The second-order valence-corrected chi connectivity index (χ2v) is 6.00. The van der Waals surface area contributed by atoms with Crippen LogP contribution in [0.15, 0.2) is 42.7 Å². The molecule has 0 radical (unpaired) electrons. The molecule has 1 saturated heterocycles. The minimum Gasteiger partial charge on any atom is -0.486 e. The van der Waals surface area contributed by atoms with Crippen LogP contribution in [0, 0.1) is 11.3 Å². The Hall–Kier alpha value is -2.62. The summed E-state index contributed by atoms with van der Waals surface area (Å²) < 4.78 is 11.4. The zero-order valence-electron chi connectivity index (χ0n) is 13.3. The number of nitriles is 1. The number of aromatic nitrogens is 1. The number of carbonyl (C=O) groups is 1. The SMILES string of the molecule is N#Cc1ccc(O[C@@H]2COCC[C@H]2NC(=O)c2ccncc2Cl)cc1. The lowest BCUT2D eigenvalue weighted by molar-refractivity contribution is -0.0135. The molecule has 1 fully saturated rings. The Morgan fingerprint density at radius 1 is 1.36 bits per heavy atom. The number of nitrogens with zero attached hydrogens (tertiary/aromatic N) is 2. The average Bonchev–Trinajstić information content (AvgIpc) is 2.64. The van der Waals surface area contributed by atoms with Crippen molar-refractivity contribution in [1.82, 2.24) is 10.3 Å². The van der Waals surface area contributed by atoms with Crippen LogP contribution in [0.2, 0.25) is 5.02 Å². The number of amides is 1. The standard InChI is InChI=1S/C18H16ClN3O3/c19-15-10-21-7-5-14(15)18(23)22-16-6-8-24-11-17(16)25-13-3-1-12(9-20)2-4-13/h1-5,7,10,16-17H,6,8,11H2,(H,22,23)/t16-,17-/m1/s1. The summed E-state index contributed by atoms with van der Waals surface area (Å²) in [5, 5.41) is 12.1. The second kappa shape index (κ2) is 7.97. The molecule has 2 atom stereocenters. The van der Waals surface area contributed by atoms with Crippen LogP contribution in [0.1, 0.15) is 22.3 Å². The van der Waals surface area contributed by atoms with Gasteiger partial charge in [0.25, 0.3) is 5.91 Å². The van der Waals surface area contributed by atoms with Crippen molar-refractivity contribution in [3.05, 3.63) is 58.9 Å². The van der Waals surface area contributed by atoms with Crippen LogP contribution < -0.4 is 10.1 Å². The molecule has 1 amide bonds. The Bertz CT molecular complexity index is 789. The molecule has 6 nitrogen and oxygen atoms in total. The van der Waals surface area contributed by atoms with Crippen LogP contribution in [0.3, 0.4) is 0 Å². The first-order valence-electron chi connectivity index (χ1n) is 7.82. The molecule has 0 saturated carbocycles. The van der Waals surface area contributed by atoms with E-state index in [0.717, 1.165) is 0 Å². The van der Waals surface area contributed by atoms with Gasteiger partial charge in [-0.05, 0) is 36.8 Å². The topological polar surface area (TPSA) is 84.2 Å². The van der Waals surface area contributed by atoms with E-state index in [1.165, 1.54) is 12.4 Å². The van der Waals surface area contributed by atoms with E-state index in [4.69, 9.17) is 26.3 Å². The molecule has 1 aliphatic heterocycles. The summed E-state index contributed by atoms with van der Waals surface area (Å²) in [4.78, 5) is 16.3. The Labute approximate surface area is 150 Å². The van der Waals surface area contributed by atoms with Crippen LogP contribution in [0.4, 0.5) is 0 Å². The maximum absolute atomic E-state index is 12.5. The summed E-state index contributed by atoms with van der Waals surface area (Å²) in [6, 6.07) is 10.3. The molecular formula is C18H16ClN3O3. The quantitative estimate of drug-likeness (QED) is 0.909. The smallest absolute Gasteiger partial charge is 0.253 e. The number of nitrogens with one attached hydrogen (secondary N) is 1. The van der Waals surface area contributed by atoms with Crippen molar-refractivity contribution in [2.24, 2.45) is 0 Å². The van der Waals surface area contributed by atoms with Crippen molar-refractivity contribution < 1.29 is 14.3 Å². The van der Waals surface area contributed by atoms with Gasteiger partial charge in [0, 0.05) is 19.0 Å². The Morgan fingerprint density at radius 3 is 2.88 bits per heavy atom. The number of pyridine rings is 1. The van der Waals surface area contributed by atoms with Crippen molar-refractivity contribution >= 4 is 17.5 Å². The molecule has 2 aromatic rings. The highest BCUT2D eigenvalue weighted by molar-refractivity contribution is 6.33. The molecule has 1 aliphatic rings.